The number of carbonyl (C=O) groups is 2. The highest BCUT2D eigenvalue weighted by Gasteiger charge is 2.77. The Balaban J connectivity index is 2.12. The third-order valence-corrected chi connectivity index (χ3v) is 8.86. The van der Waals surface area contributed by atoms with Crippen molar-refractivity contribution in [1.82, 2.24) is 4.90 Å². The van der Waals surface area contributed by atoms with E-state index in [9.17, 15) is 14.7 Å². The SMILES string of the molecule is CCC12C=CCN(C)C1C1(C)c3cc(Br)c(OC)cc3N(C)C1C(O)(C(=O)OC)C2OC(C)=O. The number of esters is 2. The van der Waals surface area contributed by atoms with Crippen LogP contribution in [0.2, 0.25) is 0 Å². The summed E-state index contributed by atoms with van der Waals surface area (Å²) in [6, 6.07) is 2.96. The molecule has 9 heteroatoms. The molecule has 0 saturated heterocycles. The fourth-order valence-electron chi connectivity index (χ4n) is 7.25. The number of hydrogen-bond acceptors (Lipinski definition) is 8. The van der Waals surface area contributed by atoms with Gasteiger partial charge in [0.2, 0.25) is 5.60 Å². The van der Waals surface area contributed by atoms with Gasteiger partial charge in [0.1, 0.15) is 5.75 Å². The molecule has 0 spiro atoms. The number of likely N-dealkylation sites (N-methyl/N-ethyl adjacent to an activating group) is 2. The molecule has 0 amide bonds. The zero-order chi connectivity index (χ0) is 25.2. The summed E-state index contributed by atoms with van der Waals surface area (Å²) in [6.07, 6.45) is 3.42. The minimum Gasteiger partial charge on any atom is -0.495 e. The van der Waals surface area contributed by atoms with Crippen LogP contribution in [-0.2, 0) is 24.5 Å². The van der Waals surface area contributed by atoms with E-state index in [1.54, 1.807) is 7.11 Å². The van der Waals surface area contributed by atoms with Crippen molar-refractivity contribution in [3.05, 3.63) is 34.3 Å². The number of fused-ring (bicyclic) bond motifs is 5. The number of carbonyl (C=O) groups excluding carboxylic acids is 2. The van der Waals surface area contributed by atoms with Crippen molar-refractivity contribution < 1.29 is 28.9 Å². The van der Waals surface area contributed by atoms with E-state index < -0.39 is 40.5 Å². The summed E-state index contributed by atoms with van der Waals surface area (Å²) in [7, 11) is 6.72. The van der Waals surface area contributed by atoms with E-state index >= 15 is 0 Å². The fraction of sp³-hybridized carbons (Fsp3) is 0.600. The van der Waals surface area contributed by atoms with Crippen LogP contribution in [-0.4, -0.2) is 80.6 Å². The molecular formula is C25H33BrN2O6. The quantitative estimate of drug-likeness (QED) is 0.464. The molecule has 186 valence electrons. The molecule has 6 atom stereocenters. The van der Waals surface area contributed by atoms with E-state index in [0.29, 0.717) is 18.7 Å². The Labute approximate surface area is 209 Å². The van der Waals surface area contributed by atoms with Crippen LogP contribution in [0.25, 0.3) is 0 Å². The molecule has 0 aromatic heterocycles. The molecule has 1 saturated carbocycles. The lowest BCUT2D eigenvalue weighted by Gasteiger charge is -2.65. The maximum absolute atomic E-state index is 13.5. The molecule has 6 unspecified atom stereocenters. The maximum Gasteiger partial charge on any atom is 0.344 e. The van der Waals surface area contributed by atoms with Gasteiger partial charge < -0.3 is 24.2 Å². The number of ether oxygens (including phenoxy) is 3. The zero-order valence-electron chi connectivity index (χ0n) is 20.7. The average molecular weight is 537 g/mol. The van der Waals surface area contributed by atoms with Gasteiger partial charge in [-0.25, -0.2) is 4.79 Å². The molecule has 1 aromatic rings. The Morgan fingerprint density at radius 1 is 1.24 bits per heavy atom. The molecule has 1 aromatic carbocycles. The lowest BCUT2D eigenvalue weighted by atomic mass is 9.47. The standard InChI is InChI=1S/C25H33BrN2O6/c1-8-24-10-9-11-27(4)19(24)23(3)15-12-16(26)18(32-6)13-17(15)28(5)20(23)25(31,22(30)33-7)21(24)34-14(2)29/h9-10,12-13,19-21,31H,8,11H2,1-7H3. The number of benzene rings is 1. The van der Waals surface area contributed by atoms with Crippen molar-refractivity contribution in [2.45, 2.75) is 56.4 Å². The summed E-state index contributed by atoms with van der Waals surface area (Å²) in [5.41, 5.74) is -1.92. The van der Waals surface area contributed by atoms with Crippen LogP contribution >= 0.6 is 15.9 Å². The largest absolute Gasteiger partial charge is 0.495 e. The second-order valence-corrected chi connectivity index (χ2v) is 10.7. The fourth-order valence-corrected chi connectivity index (χ4v) is 7.75. The average Bonchev–Trinajstić information content (AvgIpc) is 3.01. The normalized spacial score (nSPS) is 36.4. The van der Waals surface area contributed by atoms with Gasteiger partial charge in [0, 0.05) is 49.1 Å². The van der Waals surface area contributed by atoms with Crippen LogP contribution in [0.3, 0.4) is 0 Å². The number of hydrogen-bond donors (Lipinski definition) is 1. The van der Waals surface area contributed by atoms with Gasteiger partial charge in [-0.05, 0) is 41.0 Å². The molecule has 0 bridgehead atoms. The van der Waals surface area contributed by atoms with Crippen LogP contribution in [0.15, 0.2) is 28.8 Å². The minimum absolute atomic E-state index is 0.196. The Bertz CT molecular complexity index is 1060. The molecule has 3 aliphatic rings. The van der Waals surface area contributed by atoms with E-state index in [2.05, 4.69) is 27.8 Å². The van der Waals surface area contributed by atoms with E-state index in [1.165, 1.54) is 14.0 Å². The van der Waals surface area contributed by atoms with Crippen LogP contribution in [0.1, 0.15) is 32.8 Å². The molecule has 34 heavy (non-hydrogen) atoms. The summed E-state index contributed by atoms with van der Waals surface area (Å²) < 4.78 is 17.4. The predicted octanol–water partition coefficient (Wildman–Crippen LogP) is 2.65. The summed E-state index contributed by atoms with van der Waals surface area (Å²) in [4.78, 5) is 30.0. The van der Waals surface area contributed by atoms with E-state index in [0.717, 1.165) is 15.7 Å². The second kappa shape index (κ2) is 8.24. The molecule has 2 heterocycles. The number of nitrogens with zero attached hydrogens (tertiary/aromatic N) is 2. The maximum atomic E-state index is 13.5. The highest BCUT2D eigenvalue weighted by Crippen LogP contribution is 2.64. The van der Waals surface area contributed by atoms with Gasteiger partial charge >= 0.3 is 11.9 Å². The Morgan fingerprint density at radius 2 is 1.91 bits per heavy atom. The van der Waals surface area contributed by atoms with Crippen LogP contribution in [0, 0.1) is 5.41 Å². The molecule has 0 radical (unpaired) electrons. The van der Waals surface area contributed by atoms with Crippen LogP contribution < -0.4 is 9.64 Å². The van der Waals surface area contributed by atoms with Crippen LogP contribution in [0.4, 0.5) is 5.69 Å². The molecule has 1 fully saturated rings. The number of halogens is 1. The zero-order valence-corrected chi connectivity index (χ0v) is 22.3. The molecule has 1 aliphatic carbocycles. The molecule has 8 nitrogen and oxygen atoms in total. The Hall–Kier alpha value is -2.10. The smallest absolute Gasteiger partial charge is 0.344 e. The Kier molecular flexibility index (Phi) is 6.06. The minimum atomic E-state index is -2.14. The summed E-state index contributed by atoms with van der Waals surface area (Å²) in [5, 5.41) is 12.5. The van der Waals surface area contributed by atoms with Crippen molar-refractivity contribution in [3.63, 3.8) is 0 Å². The highest BCUT2D eigenvalue weighted by atomic mass is 79.9. The molecule has 2 aliphatic heterocycles. The first-order valence-corrected chi connectivity index (χ1v) is 12.2. The van der Waals surface area contributed by atoms with Crippen molar-refractivity contribution >= 4 is 33.6 Å². The van der Waals surface area contributed by atoms with E-state index in [4.69, 9.17) is 14.2 Å². The second-order valence-electron chi connectivity index (χ2n) is 9.82. The van der Waals surface area contributed by atoms with Crippen molar-refractivity contribution in [2.75, 3.05) is 39.8 Å². The molecule has 1 N–H and O–H groups in total. The van der Waals surface area contributed by atoms with Gasteiger partial charge in [-0.3, -0.25) is 9.69 Å². The van der Waals surface area contributed by atoms with Crippen LogP contribution in [0.5, 0.6) is 5.75 Å². The number of aliphatic hydroxyl groups is 1. The number of rotatable bonds is 4. The summed E-state index contributed by atoms with van der Waals surface area (Å²) in [6.45, 7) is 6.07. The summed E-state index contributed by atoms with van der Waals surface area (Å²) >= 11 is 3.63. The molecular weight excluding hydrogens is 504 g/mol. The van der Waals surface area contributed by atoms with Crippen molar-refractivity contribution in [2.24, 2.45) is 5.41 Å². The third-order valence-electron chi connectivity index (χ3n) is 8.24. The van der Waals surface area contributed by atoms with Crippen molar-refractivity contribution in [1.29, 1.82) is 0 Å². The summed E-state index contributed by atoms with van der Waals surface area (Å²) in [5.74, 6) is -0.745. The Morgan fingerprint density at radius 3 is 2.47 bits per heavy atom. The predicted molar refractivity (Wildman–Crippen MR) is 131 cm³/mol. The van der Waals surface area contributed by atoms with E-state index in [-0.39, 0.29) is 6.04 Å². The first-order chi connectivity index (χ1) is 15.9. The number of anilines is 1. The number of methoxy groups -OCH3 is 2. The van der Waals surface area contributed by atoms with Gasteiger partial charge in [-0.2, -0.15) is 0 Å². The monoisotopic (exact) mass is 536 g/mol. The first kappa shape index (κ1) is 25.0. The van der Waals surface area contributed by atoms with Gasteiger partial charge in [0.25, 0.3) is 0 Å². The third kappa shape index (κ3) is 2.96. The lowest BCUT2D eigenvalue weighted by Crippen LogP contribution is -2.82. The topological polar surface area (TPSA) is 88.5 Å². The van der Waals surface area contributed by atoms with Gasteiger partial charge in [-0.15, -0.1) is 0 Å². The van der Waals surface area contributed by atoms with E-state index in [1.807, 2.05) is 50.2 Å². The highest BCUT2D eigenvalue weighted by molar-refractivity contribution is 9.10. The first-order valence-electron chi connectivity index (χ1n) is 11.4. The molecule has 4 rings (SSSR count). The van der Waals surface area contributed by atoms with Crippen molar-refractivity contribution in [3.8, 4) is 5.75 Å². The van der Waals surface area contributed by atoms with Gasteiger partial charge in [0.15, 0.2) is 6.10 Å². The lowest BCUT2D eigenvalue weighted by molar-refractivity contribution is -0.232. The van der Waals surface area contributed by atoms with Gasteiger partial charge in [-0.1, -0.05) is 26.0 Å². The van der Waals surface area contributed by atoms with Gasteiger partial charge in [0.05, 0.1) is 24.7 Å².